The van der Waals surface area contributed by atoms with Gasteiger partial charge in [-0.15, -0.1) is 0 Å². The van der Waals surface area contributed by atoms with Gasteiger partial charge in [0.25, 0.3) is 0 Å². The summed E-state index contributed by atoms with van der Waals surface area (Å²) in [6.07, 6.45) is 0.262. The molecule has 19 heavy (non-hydrogen) atoms. The Labute approximate surface area is 111 Å². The molecular formula is C12H20N2O5. The van der Waals surface area contributed by atoms with E-state index >= 15 is 0 Å². The van der Waals surface area contributed by atoms with Crippen LogP contribution >= 0.6 is 0 Å². The van der Waals surface area contributed by atoms with Gasteiger partial charge in [-0.2, -0.15) is 0 Å². The Balaban J connectivity index is 1.87. The van der Waals surface area contributed by atoms with Crippen molar-refractivity contribution in [1.82, 2.24) is 10.2 Å². The fraction of sp³-hybridized carbons (Fsp3) is 0.833. The van der Waals surface area contributed by atoms with E-state index in [9.17, 15) is 9.59 Å². The highest BCUT2D eigenvalue weighted by atomic mass is 16.5. The van der Waals surface area contributed by atoms with E-state index in [0.717, 1.165) is 0 Å². The summed E-state index contributed by atoms with van der Waals surface area (Å²) in [6, 6.07) is -0.228. The maximum Gasteiger partial charge on any atom is 0.306 e. The monoisotopic (exact) mass is 272 g/mol. The summed E-state index contributed by atoms with van der Waals surface area (Å²) in [6.45, 7) is 1.94. The first-order valence-electron chi connectivity index (χ1n) is 6.48. The Kier molecular flexibility index (Phi) is 4.73. The third kappa shape index (κ3) is 3.65. The molecule has 0 spiro atoms. The number of rotatable bonds is 4. The molecule has 2 fully saturated rings. The van der Waals surface area contributed by atoms with E-state index < -0.39 is 12.1 Å². The van der Waals surface area contributed by atoms with Crippen molar-refractivity contribution in [2.24, 2.45) is 0 Å². The van der Waals surface area contributed by atoms with Gasteiger partial charge in [-0.25, -0.2) is 0 Å². The molecule has 0 saturated carbocycles. The van der Waals surface area contributed by atoms with Crippen LogP contribution in [-0.2, 0) is 19.1 Å². The first-order valence-corrected chi connectivity index (χ1v) is 6.48. The van der Waals surface area contributed by atoms with Gasteiger partial charge < -0.3 is 24.8 Å². The van der Waals surface area contributed by atoms with Crippen molar-refractivity contribution in [2.45, 2.75) is 31.1 Å². The van der Waals surface area contributed by atoms with E-state index in [4.69, 9.17) is 14.6 Å². The molecule has 2 N–H and O–H groups in total. The molecule has 3 atom stereocenters. The van der Waals surface area contributed by atoms with Gasteiger partial charge in [0.2, 0.25) is 5.91 Å². The van der Waals surface area contributed by atoms with Crippen molar-refractivity contribution in [3.8, 4) is 0 Å². The van der Waals surface area contributed by atoms with Gasteiger partial charge in [-0.1, -0.05) is 0 Å². The molecule has 0 aromatic heterocycles. The normalized spacial score (nSPS) is 31.4. The lowest BCUT2D eigenvalue weighted by molar-refractivity contribution is -0.148. The average molecular weight is 272 g/mol. The number of carboxylic acids is 1. The first kappa shape index (κ1) is 14.2. The lowest BCUT2D eigenvalue weighted by Crippen LogP contribution is -2.51. The summed E-state index contributed by atoms with van der Waals surface area (Å²) >= 11 is 0. The van der Waals surface area contributed by atoms with E-state index in [1.165, 1.54) is 0 Å². The zero-order valence-corrected chi connectivity index (χ0v) is 11.0. The van der Waals surface area contributed by atoms with Crippen LogP contribution < -0.4 is 5.32 Å². The van der Waals surface area contributed by atoms with Gasteiger partial charge >= 0.3 is 5.97 Å². The lowest BCUT2D eigenvalue weighted by atomic mass is 10.1. The number of carboxylic acid groups (broad SMARTS) is 1. The number of methoxy groups -OCH3 is 1. The molecule has 2 saturated heterocycles. The second-order valence-electron chi connectivity index (χ2n) is 4.93. The van der Waals surface area contributed by atoms with Crippen LogP contribution in [-0.4, -0.2) is 73.5 Å². The van der Waals surface area contributed by atoms with Gasteiger partial charge in [0.1, 0.15) is 0 Å². The van der Waals surface area contributed by atoms with Crippen LogP contribution in [0.4, 0.5) is 0 Å². The molecule has 3 unspecified atom stereocenters. The van der Waals surface area contributed by atoms with E-state index in [-0.39, 0.29) is 24.5 Å². The molecule has 7 nitrogen and oxygen atoms in total. The summed E-state index contributed by atoms with van der Waals surface area (Å²) in [4.78, 5) is 24.7. The topological polar surface area (TPSA) is 88.1 Å². The Bertz CT molecular complexity index is 349. The predicted molar refractivity (Wildman–Crippen MR) is 65.8 cm³/mol. The molecule has 2 aliphatic rings. The van der Waals surface area contributed by atoms with Crippen molar-refractivity contribution < 1.29 is 24.2 Å². The summed E-state index contributed by atoms with van der Waals surface area (Å²) in [5.74, 6) is -0.893. The molecule has 0 bridgehead atoms. The summed E-state index contributed by atoms with van der Waals surface area (Å²) in [5, 5.41) is 11.9. The number of hydrogen-bond acceptors (Lipinski definition) is 5. The van der Waals surface area contributed by atoms with Crippen molar-refractivity contribution in [1.29, 1.82) is 0 Å². The number of ether oxygens (including phenoxy) is 2. The molecule has 7 heteroatoms. The Morgan fingerprint density at radius 3 is 2.95 bits per heavy atom. The summed E-state index contributed by atoms with van der Waals surface area (Å²) < 4.78 is 10.6. The van der Waals surface area contributed by atoms with Gasteiger partial charge in [0, 0.05) is 26.7 Å². The maximum absolute atomic E-state index is 12.3. The minimum atomic E-state index is -0.905. The molecule has 0 aromatic rings. The standard InChI is InChI=1S/C12H20N2O5/c1-18-8-4-10(13-6-8)12(17)14-2-3-19-9(7-14)5-11(15)16/h8-10,13H,2-7H2,1H3,(H,15,16). The number of nitrogens with one attached hydrogen (secondary N) is 1. The first-order chi connectivity index (χ1) is 9.10. The minimum absolute atomic E-state index is 0.0123. The fourth-order valence-electron chi connectivity index (χ4n) is 2.53. The molecule has 1 amide bonds. The molecule has 108 valence electrons. The van der Waals surface area contributed by atoms with Crippen LogP contribution in [0.15, 0.2) is 0 Å². The molecule has 2 aliphatic heterocycles. The Morgan fingerprint density at radius 1 is 1.53 bits per heavy atom. The van der Waals surface area contributed by atoms with E-state index in [1.807, 2.05) is 0 Å². The highest BCUT2D eigenvalue weighted by Crippen LogP contribution is 2.15. The second kappa shape index (κ2) is 6.31. The highest BCUT2D eigenvalue weighted by molar-refractivity contribution is 5.82. The van der Waals surface area contributed by atoms with E-state index in [1.54, 1.807) is 12.0 Å². The second-order valence-corrected chi connectivity index (χ2v) is 4.93. The molecular weight excluding hydrogens is 252 g/mol. The number of nitrogens with zero attached hydrogens (tertiary/aromatic N) is 1. The average Bonchev–Trinajstić information content (AvgIpc) is 2.86. The highest BCUT2D eigenvalue weighted by Gasteiger charge is 2.34. The van der Waals surface area contributed by atoms with Gasteiger partial charge in [-0.05, 0) is 6.42 Å². The zero-order chi connectivity index (χ0) is 13.8. The number of carbonyl (C=O) groups excluding carboxylic acids is 1. The molecule has 2 heterocycles. The third-order valence-electron chi connectivity index (χ3n) is 3.57. The Morgan fingerprint density at radius 2 is 2.32 bits per heavy atom. The van der Waals surface area contributed by atoms with Crippen molar-refractivity contribution in [3.63, 3.8) is 0 Å². The zero-order valence-electron chi connectivity index (χ0n) is 11.0. The van der Waals surface area contributed by atoms with E-state index in [2.05, 4.69) is 5.32 Å². The van der Waals surface area contributed by atoms with Crippen LogP contribution in [0.2, 0.25) is 0 Å². The Hall–Kier alpha value is -1.18. The number of morpholine rings is 1. The molecule has 2 rings (SSSR count). The van der Waals surface area contributed by atoms with E-state index in [0.29, 0.717) is 32.7 Å². The van der Waals surface area contributed by atoms with Crippen LogP contribution in [0.1, 0.15) is 12.8 Å². The van der Waals surface area contributed by atoms with Crippen LogP contribution in [0.25, 0.3) is 0 Å². The fourth-order valence-corrected chi connectivity index (χ4v) is 2.53. The van der Waals surface area contributed by atoms with Gasteiger partial charge in [-0.3, -0.25) is 9.59 Å². The van der Waals surface area contributed by atoms with Gasteiger partial charge in [0.15, 0.2) is 0 Å². The predicted octanol–water partition coefficient (Wildman–Crippen LogP) is -0.935. The minimum Gasteiger partial charge on any atom is -0.481 e. The van der Waals surface area contributed by atoms with Crippen LogP contribution in [0, 0.1) is 0 Å². The molecule has 0 radical (unpaired) electrons. The van der Waals surface area contributed by atoms with Crippen molar-refractivity contribution in [3.05, 3.63) is 0 Å². The summed E-state index contributed by atoms with van der Waals surface area (Å²) in [7, 11) is 1.64. The number of carbonyl (C=O) groups is 2. The smallest absolute Gasteiger partial charge is 0.306 e. The number of aliphatic carboxylic acids is 1. The maximum atomic E-state index is 12.3. The lowest BCUT2D eigenvalue weighted by Gasteiger charge is -2.33. The molecule has 0 aliphatic carbocycles. The largest absolute Gasteiger partial charge is 0.481 e. The number of amides is 1. The van der Waals surface area contributed by atoms with Gasteiger partial charge in [0.05, 0.1) is 31.3 Å². The van der Waals surface area contributed by atoms with Crippen molar-refractivity contribution in [2.75, 3.05) is 33.4 Å². The molecule has 0 aromatic carbocycles. The quantitative estimate of drug-likeness (QED) is 0.687. The third-order valence-corrected chi connectivity index (χ3v) is 3.57. The summed E-state index contributed by atoms with van der Waals surface area (Å²) in [5.41, 5.74) is 0. The number of hydrogen-bond donors (Lipinski definition) is 2. The van der Waals surface area contributed by atoms with Crippen LogP contribution in [0.5, 0.6) is 0 Å². The SMILES string of the molecule is COC1CNC(C(=O)N2CCOC(CC(=O)O)C2)C1. The van der Waals surface area contributed by atoms with Crippen LogP contribution in [0.3, 0.4) is 0 Å². The van der Waals surface area contributed by atoms with Crippen molar-refractivity contribution >= 4 is 11.9 Å².